The Kier molecular flexibility index (Phi) is 7.71. The maximum Gasteiger partial charge on any atom is 0.238 e. The number of primary sulfonamides is 1. The van der Waals surface area contributed by atoms with E-state index in [2.05, 4.69) is 10.6 Å². The molecule has 9 nitrogen and oxygen atoms in total. The van der Waals surface area contributed by atoms with E-state index in [1.165, 1.54) is 31.4 Å². The number of nitrogens with zero attached hydrogens (tertiary/aromatic N) is 1. The molecule has 0 atom stereocenters. The SMILES string of the molecule is CCN(CC(=O)Nc1ccc(S(N)(=O)=O)cc1)CC(=O)Nc1ccccc1OC. The van der Waals surface area contributed by atoms with Crippen LogP contribution in [-0.2, 0) is 19.6 Å². The molecule has 0 aliphatic heterocycles. The van der Waals surface area contributed by atoms with E-state index in [0.717, 1.165) is 0 Å². The molecule has 0 bridgehead atoms. The van der Waals surface area contributed by atoms with E-state index >= 15 is 0 Å². The number of nitrogens with one attached hydrogen (secondary N) is 2. The molecule has 29 heavy (non-hydrogen) atoms. The molecule has 0 aliphatic carbocycles. The number of amides is 2. The van der Waals surface area contributed by atoms with Crippen LogP contribution in [0.25, 0.3) is 0 Å². The standard InChI is InChI=1S/C19H24N4O5S/c1-3-23(13-19(25)22-16-6-4-5-7-17(16)28-2)12-18(24)21-14-8-10-15(11-9-14)29(20,26)27/h4-11H,3,12-13H2,1-2H3,(H,21,24)(H,22,25)(H2,20,26,27). The largest absolute Gasteiger partial charge is 0.495 e. The minimum atomic E-state index is -3.79. The van der Waals surface area contributed by atoms with Crippen molar-refractivity contribution in [3.63, 3.8) is 0 Å². The number of para-hydroxylation sites is 2. The second-order valence-electron chi connectivity index (χ2n) is 6.17. The number of ether oxygens (including phenoxy) is 1. The van der Waals surface area contributed by atoms with Gasteiger partial charge < -0.3 is 15.4 Å². The monoisotopic (exact) mass is 420 g/mol. The number of methoxy groups -OCH3 is 1. The van der Waals surface area contributed by atoms with Gasteiger partial charge in [0.25, 0.3) is 0 Å². The van der Waals surface area contributed by atoms with Gasteiger partial charge in [0.15, 0.2) is 0 Å². The Bertz CT molecular complexity index is 961. The lowest BCUT2D eigenvalue weighted by Gasteiger charge is -2.20. The molecule has 2 aromatic rings. The summed E-state index contributed by atoms with van der Waals surface area (Å²) in [6, 6.07) is 12.6. The summed E-state index contributed by atoms with van der Waals surface area (Å²) in [5.74, 6) is -0.0634. The Labute approximate surface area is 169 Å². The summed E-state index contributed by atoms with van der Waals surface area (Å²) in [6.07, 6.45) is 0. The van der Waals surface area contributed by atoms with Crippen LogP contribution in [-0.4, -0.2) is 51.9 Å². The maximum atomic E-state index is 12.3. The molecule has 2 rings (SSSR count). The van der Waals surface area contributed by atoms with Gasteiger partial charge in [-0.2, -0.15) is 0 Å². The van der Waals surface area contributed by atoms with Crippen LogP contribution in [0.4, 0.5) is 11.4 Å². The van der Waals surface area contributed by atoms with Crippen molar-refractivity contribution in [2.45, 2.75) is 11.8 Å². The number of rotatable bonds is 9. The highest BCUT2D eigenvalue weighted by atomic mass is 32.2. The molecule has 0 spiro atoms. The predicted octanol–water partition coefficient (Wildman–Crippen LogP) is 1.24. The quantitative estimate of drug-likeness (QED) is 0.559. The number of likely N-dealkylation sites (N-methyl/N-ethyl adjacent to an activating group) is 1. The molecule has 156 valence electrons. The molecule has 10 heteroatoms. The summed E-state index contributed by atoms with van der Waals surface area (Å²) in [7, 11) is -2.27. The maximum absolute atomic E-state index is 12.3. The van der Waals surface area contributed by atoms with Crippen LogP contribution in [0.3, 0.4) is 0 Å². The van der Waals surface area contributed by atoms with Crippen LogP contribution < -0.4 is 20.5 Å². The zero-order valence-corrected chi connectivity index (χ0v) is 17.0. The van der Waals surface area contributed by atoms with Gasteiger partial charge in [-0.1, -0.05) is 19.1 Å². The number of carbonyl (C=O) groups is 2. The van der Waals surface area contributed by atoms with E-state index in [9.17, 15) is 18.0 Å². The lowest BCUT2D eigenvalue weighted by atomic mass is 10.3. The predicted molar refractivity (Wildman–Crippen MR) is 110 cm³/mol. The van der Waals surface area contributed by atoms with Gasteiger partial charge in [0, 0.05) is 5.69 Å². The molecule has 0 saturated heterocycles. The number of carbonyl (C=O) groups excluding carboxylic acids is 2. The Balaban J connectivity index is 1.91. The third-order valence-corrected chi connectivity index (χ3v) is 4.96. The summed E-state index contributed by atoms with van der Waals surface area (Å²) >= 11 is 0. The lowest BCUT2D eigenvalue weighted by molar-refractivity contribution is -0.119. The second kappa shape index (κ2) is 10.0. The summed E-state index contributed by atoms with van der Waals surface area (Å²) in [5, 5.41) is 10.5. The molecular formula is C19H24N4O5S. The first kappa shape index (κ1) is 22.3. The Morgan fingerprint density at radius 1 is 1.00 bits per heavy atom. The van der Waals surface area contributed by atoms with Crippen LogP contribution in [0.2, 0.25) is 0 Å². The topological polar surface area (TPSA) is 131 Å². The van der Waals surface area contributed by atoms with Crippen molar-refractivity contribution in [1.82, 2.24) is 4.90 Å². The van der Waals surface area contributed by atoms with Crippen molar-refractivity contribution >= 4 is 33.2 Å². The van der Waals surface area contributed by atoms with Crippen molar-refractivity contribution in [3.8, 4) is 5.75 Å². The summed E-state index contributed by atoms with van der Waals surface area (Å²) < 4.78 is 27.7. The van der Waals surface area contributed by atoms with E-state index in [4.69, 9.17) is 9.88 Å². The Morgan fingerprint density at radius 3 is 2.14 bits per heavy atom. The highest BCUT2D eigenvalue weighted by Crippen LogP contribution is 2.22. The van der Waals surface area contributed by atoms with E-state index < -0.39 is 10.0 Å². The van der Waals surface area contributed by atoms with Gasteiger partial charge in [0.05, 0.1) is 30.8 Å². The minimum Gasteiger partial charge on any atom is -0.495 e. The van der Waals surface area contributed by atoms with Gasteiger partial charge >= 0.3 is 0 Å². The van der Waals surface area contributed by atoms with Crippen LogP contribution in [0.1, 0.15) is 6.92 Å². The van der Waals surface area contributed by atoms with Crippen molar-refractivity contribution < 1.29 is 22.7 Å². The first-order valence-corrected chi connectivity index (χ1v) is 10.4. The molecule has 0 unspecified atom stereocenters. The van der Waals surface area contributed by atoms with Crippen LogP contribution in [0.15, 0.2) is 53.4 Å². The second-order valence-corrected chi connectivity index (χ2v) is 7.73. The molecular weight excluding hydrogens is 396 g/mol. The minimum absolute atomic E-state index is 0.00716. The van der Waals surface area contributed by atoms with Gasteiger partial charge in [-0.15, -0.1) is 0 Å². The van der Waals surface area contributed by atoms with E-state index in [1.807, 2.05) is 6.92 Å². The number of anilines is 2. The van der Waals surface area contributed by atoms with Crippen LogP contribution >= 0.6 is 0 Å². The Morgan fingerprint density at radius 2 is 1.59 bits per heavy atom. The highest BCUT2D eigenvalue weighted by Gasteiger charge is 2.15. The molecule has 2 aromatic carbocycles. The first-order chi connectivity index (χ1) is 13.7. The first-order valence-electron chi connectivity index (χ1n) is 8.81. The van der Waals surface area contributed by atoms with Gasteiger partial charge in [0.2, 0.25) is 21.8 Å². The van der Waals surface area contributed by atoms with Gasteiger partial charge in [-0.25, -0.2) is 13.6 Å². The zero-order chi connectivity index (χ0) is 21.4. The molecule has 0 heterocycles. The summed E-state index contributed by atoms with van der Waals surface area (Å²) in [6.45, 7) is 2.33. The van der Waals surface area contributed by atoms with Crippen LogP contribution in [0.5, 0.6) is 5.75 Å². The fraction of sp³-hybridized carbons (Fsp3) is 0.263. The van der Waals surface area contributed by atoms with Crippen molar-refractivity contribution in [3.05, 3.63) is 48.5 Å². The lowest BCUT2D eigenvalue weighted by Crippen LogP contribution is -2.38. The summed E-state index contributed by atoms with van der Waals surface area (Å²) in [4.78, 5) is 26.2. The number of nitrogens with two attached hydrogens (primary N) is 1. The average molecular weight is 420 g/mol. The smallest absolute Gasteiger partial charge is 0.238 e. The highest BCUT2D eigenvalue weighted by molar-refractivity contribution is 7.89. The third-order valence-electron chi connectivity index (χ3n) is 4.03. The number of hydrogen-bond donors (Lipinski definition) is 3. The van der Waals surface area contributed by atoms with Gasteiger partial charge in [0.1, 0.15) is 5.75 Å². The molecule has 0 radical (unpaired) electrons. The van der Waals surface area contributed by atoms with E-state index in [1.54, 1.807) is 29.2 Å². The van der Waals surface area contributed by atoms with Crippen molar-refractivity contribution in [2.24, 2.45) is 5.14 Å². The Hall–Kier alpha value is -2.95. The molecule has 4 N–H and O–H groups in total. The van der Waals surface area contributed by atoms with Crippen molar-refractivity contribution in [2.75, 3.05) is 37.4 Å². The van der Waals surface area contributed by atoms with E-state index in [-0.39, 0.29) is 29.8 Å². The zero-order valence-electron chi connectivity index (χ0n) is 16.2. The normalized spacial score (nSPS) is 11.2. The molecule has 0 aliphatic rings. The van der Waals surface area contributed by atoms with E-state index in [0.29, 0.717) is 23.7 Å². The fourth-order valence-electron chi connectivity index (χ4n) is 2.55. The number of benzene rings is 2. The number of hydrogen-bond acceptors (Lipinski definition) is 6. The average Bonchev–Trinajstić information content (AvgIpc) is 2.67. The molecule has 0 saturated carbocycles. The molecule has 0 aromatic heterocycles. The third kappa shape index (κ3) is 6.86. The van der Waals surface area contributed by atoms with Gasteiger partial charge in [-0.3, -0.25) is 14.5 Å². The molecule has 2 amide bonds. The fourth-order valence-corrected chi connectivity index (χ4v) is 3.07. The van der Waals surface area contributed by atoms with Crippen molar-refractivity contribution in [1.29, 1.82) is 0 Å². The van der Waals surface area contributed by atoms with Crippen LogP contribution in [0, 0.1) is 0 Å². The van der Waals surface area contributed by atoms with Gasteiger partial charge in [-0.05, 0) is 42.9 Å². The molecule has 0 fully saturated rings. The summed E-state index contributed by atoms with van der Waals surface area (Å²) in [5.41, 5.74) is 0.979. The number of sulfonamides is 1.